The summed E-state index contributed by atoms with van der Waals surface area (Å²) in [6.45, 7) is 1.76. The maximum absolute atomic E-state index is 13.2. The third kappa shape index (κ3) is 16.0. The Balaban J connectivity index is 1.25. The van der Waals surface area contributed by atoms with Crippen LogP contribution in [0.2, 0.25) is 0 Å². The number of hydrogen-bond donors (Lipinski definition) is 7. The minimum atomic E-state index is -4.80. The Morgan fingerprint density at radius 2 is 1.66 bits per heavy atom. The third-order valence-electron chi connectivity index (χ3n) is 11.5. The van der Waals surface area contributed by atoms with E-state index in [0.29, 0.717) is 29.1 Å². The highest BCUT2D eigenvalue weighted by Crippen LogP contribution is 2.48. The van der Waals surface area contributed by atoms with Crippen LogP contribution in [0, 0.1) is 34.0 Å². The van der Waals surface area contributed by atoms with Crippen molar-refractivity contribution in [3.05, 3.63) is 52.8 Å². The molecule has 62 heavy (non-hydrogen) atoms. The number of benzene rings is 1. The number of quaternary nitrogens is 1. The molecule has 1 fully saturated rings. The Bertz CT molecular complexity index is 1860. The Kier molecular flexibility index (Phi) is 22.3. The monoisotopic (exact) mass is 883 g/mol. The number of ether oxygens (including phenoxy) is 2. The molecule has 18 heteroatoms. The molecule has 1 saturated heterocycles. The van der Waals surface area contributed by atoms with Crippen molar-refractivity contribution >= 4 is 32.0 Å². The van der Waals surface area contributed by atoms with Crippen LogP contribution in [0.1, 0.15) is 151 Å². The number of nitrogens with one attached hydrogen (secondary N) is 2. The van der Waals surface area contributed by atoms with Gasteiger partial charge in [-0.3, -0.25) is 24.4 Å². The van der Waals surface area contributed by atoms with Gasteiger partial charge in [-0.15, -0.1) is 0 Å². The number of amidine groups is 1. The first kappa shape index (κ1) is 50.6. The van der Waals surface area contributed by atoms with E-state index < -0.39 is 38.3 Å². The molecule has 1 unspecified atom stereocenters. The molecule has 9 N–H and O–H groups in total. The summed E-state index contributed by atoms with van der Waals surface area (Å²) in [5, 5.41) is 50.5. The molecule has 6 atom stereocenters. The van der Waals surface area contributed by atoms with Gasteiger partial charge in [-0.25, -0.2) is 9.56 Å². The summed E-state index contributed by atoms with van der Waals surface area (Å²) < 4.78 is 37.5. The smallest absolute Gasteiger partial charge is 0.387 e. The molecule has 2 aliphatic heterocycles. The van der Waals surface area contributed by atoms with Crippen molar-refractivity contribution in [2.45, 2.75) is 153 Å². The van der Waals surface area contributed by atoms with Gasteiger partial charge >= 0.3 is 7.82 Å². The van der Waals surface area contributed by atoms with Crippen LogP contribution in [0.15, 0.2) is 40.3 Å². The van der Waals surface area contributed by atoms with Crippen LogP contribution in [0.25, 0.3) is 0 Å². The summed E-state index contributed by atoms with van der Waals surface area (Å²) in [6, 6.07) is 12.6. The summed E-state index contributed by atoms with van der Waals surface area (Å²) in [6.07, 6.45) is 19.8. The first-order valence-electron chi connectivity index (χ1n) is 22.4. The van der Waals surface area contributed by atoms with Crippen molar-refractivity contribution in [1.29, 1.82) is 15.9 Å². The number of hydrogen-bond acceptors (Lipinski definition) is 13. The van der Waals surface area contributed by atoms with E-state index in [0.717, 1.165) is 37.6 Å². The number of rotatable bonds is 32. The van der Waals surface area contributed by atoms with Gasteiger partial charge in [0.15, 0.2) is 12.0 Å². The molecule has 17 nitrogen and oxygen atoms in total. The zero-order valence-corrected chi connectivity index (χ0v) is 37.2. The van der Waals surface area contributed by atoms with Crippen molar-refractivity contribution in [3.8, 4) is 12.1 Å². The topological polar surface area (TPSA) is 270 Å². The highest BCUT2D eigenvalue weighted by Gasteiger charge is 2.57. The highest BCUT2D eigenvalue weighted by atomic mass is 31.2. The number of phosphoric acid groups is 1. The normalized spacial score (nSPS) is 21.1. The number of aliphatic hydroxyl groups is 2. The lowest BCUT2D eigenvalue weighted by molar-refractivity contribution is -0.433. The Labute approximate surface area is 366 Å². The fourth-order valence-electron chi connectivity index (χ4n) is 7.84. The van der Waals surface area contributed by atoms with Crippen LogP contribution in [0.4, 0.5) is 5.69 Å². The van der Waals surface area contributed by atoms with Crippen LogP contribution in [-0.4, -0.2) is 82.6 Å². The van der Waals surface area contributed by atoms with Crippen LogP contribution < -0.4 is 16.5 Å². The van der Waals surface area contributed by atoms with E-state index in [1.807, 2.05) is 12.1 Å². The number of nitriles is 2. The first-order chi connectivity index (χ1) is 30.1. The van der Waals surface area contributed by atoms with E-state index in [2.05, 4.69) is 28.4 Å². The van der Waals surface area contributed by atoms with Gasteiger partial charge in [0.2, 0.25) is 5.60 Å². The second kappa shape index (κ2) is 27.2. The number of aliphatic hydroxyl groups excluding tert-OH is 2. The molecule has 2 aliphatic rings. The maximum Gasteiger partial charge on any atom is 0.472 e. The van der Waals surface area contributed by atoms with Gasteiger partial charge in [0.05, 0.1) is 25.5 Å². The molecule has 1 aromatic carbocycles. The number of phosphoric ester groups is 1. The van der Waals surface area contributed by atoms with E-state index in [4.69, 9.17) is 29.7 Å². The summed E-state index contributed by atoms with van der Waals surface area (Å²) in [4.78, 5) is 18.6. The lowest BCUT2D eigenvalue weighted by atomic mass is 9.96. The molecule has 0 radical (unpaired) electrons. The predicted octanol–water partition coefficient (Wildman–Crippen LogP) is 6.47. The quantitative estimate of drug-likeness (QED) is 0.0137. The third-order valence-corrected chi connectivity index (χ3v) is 12.4. The van der Waals surface area contributed by atoms with Gasteiger partial charge < -0.3 is 35.7 Å². The van der Waals surface area contributed by atoms with E-state index in [1.165, 1.54) is 89.8 Å². The number of aliphatic imine (C=N–C) groups is 2. The summed E-state index contributed by atoms with van der Waals surface area (Å²) in [5.41, 5.74) is 9.51. The summed E-state index contributed by atoms with van der Waals surface area (Å²) in [7, 11) is -4.80. The number of aromatic nitrogens is 1. The average Bonchev–Trinajstić information content (AvgIpc) is 3.82. The number of nitrogens with zero attached hydrogens (tertiary/aromatic N) is 5. The summed E-state index contributed by atoms with van der Waals surface area (Å²) >= 11 is 0. The molecule has 1 aromatic heterocycles. The Morgan fingerprint density at radius 3 is 2.27 bits per heavy atom. The maximum atomic E-state index is 13.2. The van der Waals surface area contributed by atoms with Crippen molar-refractivity contribution in [2.24, 2.45) is 21.6 Å². The second-order valence-corrected chi connectivity index (χ2v) is 17.8. The van der Waals surface area contributed by atoms with Gasteiger partial charge in [-0.1, -0.05) is 122 Å². The zero-order chi connectivity index (χ0) is 44.6. The molecule has 342 valence electrons. The predicted molar refractivity (Wildman–Crippen MR) is 237 cm³/mol. The van der Waals surface area contributed by atoms with Gasteiger partial charge in [-0.2, -0.15) is 15.5 Å². The molecule has 0 bridgehead atoms. The number of fused-ring (bicyclic) bond motifs is 1. The first-order valence-corrected chi connectivity index (χ1v) is 23.9. The van der Waals surface area contributed by atoms with Crippen LogP contribution in [0.5, 0.6) is 0 Å². The van der Waals surface area contributed by atoms with Crippen molar-refractivity contribution in [1.82, 2.24) is 4.68 Å². The average molecular weight is 883 g/mol. The molecule has 0 saturated carbocycles. The van der Waals surface area contributed by atoms with E-state index in [1.54, 1.807) is 34.3 Å². The van der Waals surface area contributed by atoms with Crippen LogP contribution >= 0.6 is 7.82 Å². The Hall–Kier alpha value is -4.00. The molecule has 3 heterocycles. The molecule has 4 rings (SSSR count). The van der Waals surface area contributed by atoms with E-state index >= 15 is 0 Å². The van der Waals surface area contributed by atoms with Crippen LogP contribution in [0.3, 0.4) is 0 Å². The number of unbranched alkanes of at least 4 members (excludes halogenated alkanes) is 16. The van der Waals surface area contributed by atoms with Crippen molar-refractivity contribution in [3.63, 3.8) is 0 Å². The Morgan fingerprint density at radius 1 is 1.02 bits per heavy atom. The van der Waals surface area contributed by atoms with Crippen molar-refractivity contribution < 1.29 is 43.5 Å². The fourth-order valence-corrected chi connectivity index (χ4v) is 8.67. The van der Waals surface area contributed by atoms with E-state index in [-0.39, 0.29) is 38.2 Å². The summed E-state index contributed by atoms with van der Waals surface area (Å²) in [5.74, 6) is -0.0299. The van der Waals surface area contributed by atoms with Crippen molar-refractivity contribution in [2.75, 3.05) is 31.9 Å². The molecular formula is C44H69N9O8P+. The highest BCUT2D eigenvalue weighted by molar-refractivity contribution is 7.47. The fraction of sp³-hybridized carbons (Fsp3) is 0.659. The lowest BCUT2D eigenvalue weighted by Crippen LogP contribution is -2.76. The molecular weight excluding hydrogens is 814 g/mol. The second-order valence-electron chi connectivity index (χ2n) is 16.3. The number of nitrogens with two attached hydrogens (primary N) is 2. The van der Waals surface area contributed by atoms with Gasteiger partial charge in [-0.05, 0) is 30.2 Å². The lowest BCUT2D eigenvalue weighted by Gasteiger charge is -2.26. The van der Waals surface area contributed by atoms with Crippen LogP contribution in [-0.2, 0) is 29.7 Å². The zero-order valence-electron chi connectivity index (χ0n) is 36.3. The van der Waals surface area contributed by atoms with E-state index in [9.17, 15) is 30.2 Å². The molecule has 0 amide bonds. The van der Waals surface area contributed by atoms with Gasteiger partial charge in [0.25, 0.3) is 0 Å². The minimum Gasteiger partial charge on any atom is -0.387 e. The molecule has 2 aromatic rings. The molecule has 0 spiro atoms. The minimum absolute atomic E-state index is 0.159. The SMILES string of the molecule is CCCCCCCCCCCCCCCCCCC[C@@H](COCc1ccc([NH2+]C=NC=N)c(C#N)c1)COP(=O)(O)OC[C@@]1(C#N)O[C@@H](c2ccc3n2NCN=C3N)[C@H](O)[C@@H]1O. The van der Waals surface area contributed by atoms with Gasteiger partial charge in [0.1, 0.15) is 67.2 Å². The molecule has 0 aliphatic carbocycles. The standard InChI is InChI=1S/C44H68N9O8P/c1-2-3-4-5-6-7-8-9-10-11-12-13-14-15-16-17-18-19-35(27-58-26-34-20-21-37(36(24-34)25-45)50-32-49-31-47)28-59-62(56,57)60-30-44(29-46)42(55)40(54)41(61-44)38-22-23-39-43(48)51-33-52-53(38)39/h20-24,31-32,35,40-42,52,54-55H,2-19,26-28,30,33H2,1H3,(H2,48,51)(H,56,57)(H2,47,49,50)/p+1/t35-,40-,41-,42-,44+/m0/s1. The largest absolute Gasteiger partial charge is 0.472 e. The van der Waals surface area contributed by atoms with Gasteiger partial charge in [0, 0.05) is 12.0 Å².